The summed E-state index contributed by atoms with van der Waals surface area (Å²) in [4.78, 5) is 13.0. The lowest BCUT2D eigenvalue weighted by atomic mass is 10.2. The van der Waals surface area contributed by atoms with Crippen LogP contribution in [0.5, 0.6) is 0 Å². The van der Waals surface area contributed by atoms with Gasteiger partial charge in [-0.2, -0.15) is 5.10 Å². The Labute approximate surface area is 132 Å². The topological polar surface area (TPSA) is 67.2 Å². The quantitative estimate of drug-likeness (QED) is 0.777. The first-order valence-corrected chi connectivity index (χ1v) is 7.81. The zero-order valence-electron chi connectivity index (χ0n) is 12.4. The molecule has 3 aromatic rings. The van der Waals surface area contributed by atoms with E-state index in [1.807, 2.05) is 37.3 Å². The molecule has 114 valence electrons. The number of aryl methyl sites for hydroxylation is 1. The summed E-state index contributed by atoms with van der Waals surface area (Å²) in [7, 11) is 1.79. The van der Waals surface area contributed by atoms with Crippen LogP contribution in [0.2, 0.25) is 0 Å². The van der Waals surface area contributed by atoms with Crippen LogP contribution in [0, 0.1) is 6.92 Å². The zero-order valence-corrected chi connectivity index (χ0v) is 13.2. The summed E-state index contributed by atoms with van der Waals surface area (Å²) in [6, 6.07) is 9.94. The summed E-state index contributed by atoms with van der Waals surface area (Å²) in [6.45, 7) is 2.02. The van der Waals surface area contributed by atoms with E-state index in [9.17, 15) is 9.90 Å². The highest BCUT2D eigenvalue weighted by Crippen LogP contribution is 2.29. The third kappa shape index (κ3) is 2.75. The van der Waals surface area contributed by atoms with Crippen molar-refractivity contribution < 1.29 is 9.90 Å². The number of carbonyl (C=O) groups is 1. The number of amides is 1. The largest absolute Gasteiger partial charge is 0.386 e. The molecule has 0 bridgehead atoms. The first kappa shape index (κ1) is 14.7. The lowest BCUT2D eigenvalue weighted by Crippen LogP contribution is -2.28. The van der Waals surface area contributed by atoms with E-state index in [1.54, 1.807) is 23.1 Å². The van der Waals surface area contributed by atoms with Gasteiger partial charge in [-0.05, 0) is 24.4 Å². The molecule has 22 heavy (non-hydrogen) atoms. The van der Waals surface area contributed by atoms with Gasteiger partial charge in [-0.25, -0.2) is 0 Å². The molecule has 0 fully saturated rings. The van der Waals surface area contributed by atoms with Crippen LogP contribution in [0.1, 0.15) is 27.0 Å². The molecule has 1 aromatic carbocycles. The Morgan fingerprint density at radius 1 is 1.45 bits per heavy atom. The second kappa shape index (κ2) is 5.90. The van der Waals surface area contributed by atoms with Gasteiger partial charge in [0.05, 0.1) is 11.8 Å². The minimum absolute atomic E-state index is 0.181. The molecule has 5 nitrogen and oxygen atoms in total. The normalized spacial score (nSPS) is 12.5. The Morgan fingerprint density at radius 2 is 2.23 bits per heavy atom. The highest BCUT2D eigenvalue weighted by Gasteiger charge is 2.16. The van der Waals surface area contributed by atoms with Crippen LogP contribution < -0.4 is 5.32 Å². The van der Waals surface area contributed by atoms with Gasteiger partial charge in [0.2, 0.25) is 0 Å². The number of nitrogens with zero attached hydrogens (tertiary/aromatic N) is 2. The molecule has 0 spiro atoms. The van der Waals surface area contributed by atoms with E-state index in [2.05, 4.69) is 10.4 Å². The van der Waals surface area contributed by atoms with E-state index >= 15 is 0 Å². The van der Waals surface area contributed by atoms with Gasteiger partial charge < -0.3 is 10.4 Å². The first-order chi connectivity index (χ1) is 10.6. The Bertz CT molecular complexity index is 789. The molecule has 2 aromatic heterocycles. The molecule has 0 aliphatic rings. The molecule has 0 aliphatic carbocycles. The molecule has 0 saturated carbocycles. The van der Waals surface area contributed by atoms with Crippen LogP contribution in [0.25, 0.3) is 10.1 Å². The first-order valence-electron chi connectivity index (χ1n) is 6.99. The SMILES string of the molecule is Cc1c(C(=O)NCC(O)c2cc3ccccc3s2)cnn1C. The fourth-order valence-electron chi connectivity index (χ4n) is 2.27. The third-order valence-electron chi connectivity index (χ3n) is 3.71. The van der Waals surface area contributed by atoms with Gasteiger partial charge >= 0.3 is 0 Å². The predicted molar refractivity (Wildman–Crippen MR) is 87.1 cm³/mol. The second-order valence-corrected chi connectivity index (χ2v) is 6.30. The van der Waals surface area contributed by atoms with Crippen LogP contribution in [0.4, 0.5) is 0 Å². The van der Waals surface area contributed by atoms with Gasteiger partial charge in [-0.3, -0.25) is 9.48 Å². The van der Waals surface area contributed by atoms with Gasteiger partial charge in [0.1, 0.15) is 6.10 Å². The standard InChI is InChI=1S/C16H17N3O2S/c1-10-12(8-18-19(10)2)16(21)17-9-13(20)15-7-11-5-3-4-6-14(11)22-15/h3-8,13,20H,9H2,1-2H3,(H,17,21). The number of fused-ring (bicyclic) bond motifs is 1. The summed E-state index contributed by atoms with van der Waals surface area (Å²) >= 11 is 1.54. The van der Waals surface area contributed by atoms with E-state index in [4.69, 9.17) is 0 Å². The Hall–Kier alpha value is -2.18. The summed E-state index contributed by atoms with van der Waals surface area (Å²) in [6.07, 6.45) is 0.828. The number of hydrogen-bond acceptors (Lipinski definition) is 4. The molecule has 0 saturated heterocycles. The van der Waals surface area contributed by atoms with Crippen LogP contribution >= 0.6 is 11.3 Å². The molecule has 3 rings (SSSR count). The average Bonchev–Trinajstić information content (AvgIpc) is 3.09. The van der Waals surface area contributed by atoms with Crippen molar-refractivity contribution in [3.63, 3.8) is 0 Å². The summed E-state index contributed by atoms with van der Waals surface area (Å²) in [5, 5.41) is 18.2. The van der Waals surface area contributed by atoms with Gasteiger partial charge in [-0.1, -0.05) is 18.2 Å². The number of nitrogens with one attached hydrogen (secondary N) is 1. The van der Waals surface area contributed by atoms with Crippen molar-refractivity contribution >= 4 is 27.3 Å². The van der Waals surface area contributed by atoms with E-state index in [1.165, 1.54) is 6.20 Å². The maximum absolute atomic E-state index is 12.1. The minimum atomic E-state index is -0.710. The third-order valence-corrected chi connectivity index (χ3v) is 4.93. The number of aromatic nitrogens is 2. The maximum Gasteiger partial charge on any atom is 0.254 e. The Morgan fingerprint density at radius 3 is 2.91 bits per heavy atom. The average molecular weight is 315 g/mol. The highest BCUT2D eigenvalue weighted by molar-refractivity contribution is 7.19. The number of hydrogen-bond donors (Lipinski definition) is 2. The van der Waals surface area contributed by atoms with Crippen LogP contribution in [0.3, 0.4) is 0 Å². The van der Waals surface area contributed by atoms with Gasteiger partial charge in [0.15, 0.2) is 0 Å². The van der Waals surface area contributed by atoms with E-state index in [0.717, 1.165) is 20.7 Å². The van der Waals surface area contributed by atoms with Crippen molar-refractivity contribution in [2.75, 3.05) is 6.54 Å². The summed E-state index contributed by atoms with van der Waals surface area (Å²) in [5.41, 5.74) is 1.33. The van der Waals surface area contributed by atoms with Crippen molar-refractivity contribution in [2.45, 2.75) is 13.0 Å². The number of thiophene rings is 1. The lowest BCUT2D eigenvalue weighted by molar-refractivity contribution is 0.0917. The lowest BCUT2D eigenvalue weighted by Gasteiger charge is -2.10. The van der Waals surface area contributed by atoms with Gasteiger partial charge in [0, 0.05) is 28.9 Å². The summed E-state index contributed by atoms with van der Waals surface area (Å²) < 4.78 is 2.78. The van der Waals surface area contributed by atoms with Crippen molar-refractivity contribution in [2.24, 2.45) is 7.05 Å². The van der Waals surface area contributed by atoms with Crippen LogP contribution in [0.15, 0.2) is 36.5 Å². The number of aliphatic hydroxyl groups is 1. The van der Waals surface area contributed by atoms with E-state index in [-0.39, 0.29) is 12.5 Å². The maximum atomic E-state index is 12.1. The van der Waals surface area contributed by atoms with E-state index in [0.29, 0.717) is 5.56 Å². The van der Waals surface area contributed by atoms with Crippen molar-refractivity contribution in [3.05, 3.63) is 52.7 Å². The molecular formula is C16H17N3O2S. The van der Waals surface area contributed by atoms with Crippen LogP contribution in [-0.2, 0) is 7.05 Å². The monoisotopic (exact) mass is 315 g/mol. The fraction of sp³-hybridized carbons (Fsp3) is 0.250. The fourth-order valence-corrected chi connectivity index (χ4v) is 3.32. The number of carbonyl (C=O) groups excluding carboxylic acids is 1. The van der Waals surface area contributed by atoms with Crippen molar-refractivity contribution in [1.29, 1.82) is 0 Å². The molecular weight excluding hydrogens is 298 g/mol. The molecule has 1 unspecified atom stereocenters. The molecule has 1 amide bonds. The van der Waals surface area contributed by atoms with Gasteiger partial charge in [-0.15, -0.1) is 11.3 Å². The Kier molecular flexibility index (Phi) is 3.96. The highest BCUT2D eigenvalue weighted by atomic mass is 32.1. The van der Waals surface area contributed by atoms with Crippen LogP contribution in [-0.4, -0.2) is 27.3 Å². The second-order valence-electron chi connectivity index (χ2n) is 5.18. The number of rotatable bonds is 4. The molecule has 0 radical (unpaired) electrons. The Balaban J connectivity index is 1.68. The number of benzene rings is 1. The molecule has 1 atom stereocenters. The minimum Gasteiger partial charge on any atom is -0.386 e. The summed E-state index contributed by atoms with van der Waals surface area (Å²) in [5.74, 6) is -0.217. The van der Waals surface area contributed by atoms with Gasteiger partial charge in [0.25, 0.3) is 5.91 Å². The predicted octanol–water partition coefficient (Wildman–Crippen LogP) is 2.41. The smallest absolute Gasteiger partial charge is 0.254 e. The van der Waals surface area contributed by atoms with E-state index < -0.39 is 6.10 Å². The molecule has 0 aliphatic heterocycles. The van der Waals surface area contributed by atoms with Crippen molar-refractivity contribution in [1.82, 2.24) is 15.1 Å². The molecule has 6 heteroatoms. The molecule has 2 heterocycles. The van der Waals surface area contributed by atoms with Crippen molar-refractivity contribution in [3.8, 4) is 0 Å². The zero-order chi connectivity index (χ0) is 15.7. The number of aliphatic hydroxyl groups excluding tert-OH is 1. The molecule has 2 N–H and O–H groups in total.